The van der Waals surface area contributed by atoms with E-state index in [1.807, 2.05) is 30.3 Å². The maximum atomic E-state index is 12.4. The number of benzene rings is 2. The van der Waals surface area contributed by atoms with E-state index in [9.17, 15) is 18.0 Å². The van der Waals surface area contributed by atoms with Crippen molar-refractivity contribution in [3.8, 4) is 17.0 Å². The highest BCUT2D eigenvalue weighted by molar-refractivity contribution is 7.22. The molecule has 2 aromatic heterocycles. The number of hydrogen-bond acceptors (Lipinski definition) is 6. The molecule has 6 nitrogen and oxygen atoms in total. The first-order valence-electron chi connectivity index (χ1n) is 8.31. The zero-order chi connectivity index (χ0) is 20.4. The summed E-state index contributed by atoms with van der Waals surface area (Å²) in [6.45, 7) is -1.38. The third kappa shape index (κ3) is 4.54. The van der Waals surface area contributed by atoms with E-state index in [4.69, 9.17) is 9.26 Å². The molecule has 2 aromatic carbocycles. The quantitative estimate of drug-likeness (QED) is 0.484. The Morgan fingerprint density at radius 1 is 1.14 bits per heavy atom. The van der Waals surface area contributed by atoms with Gasteiger partial charge >= 0.3 is 6.18 Å². The van der Waals surface area contributed by atoms with Crippen molar-refractivity contribution in [2.75, 3.05) is 11.9 Å². The number of aromatic nitrogens is 2. The molecule has 2 heterocycles. The first-order chi connectivity index (χ1) is 13.9. The third-order valence-electron chi connectivity index (χ3n) is 3.79. The molecule has 148 valence electrons. The number of carbonyl (C=O) groups is 1. The van der Waals surface area contributed by atoms with E-state index in [-0.39, 0.29) is 16.6 Å². The minimum absolute atomic E-state index is 0.0114. The van der Waals surface area contributed by atoms with E-state index in [1.54, 1.807) is 0 Å². The van der Waals surface area contributed by atoms with Crippen molar-refractivity contribution in [1.29, 1.82) is 0 Å². The third-order valence-corrected chi connectivity index (χ3v) is 4.72. The molecule has 29 heavy (non-hydrogen) atoms. The van der Waals surface area contributed by atoms with Crippen LogP contribution in [0.1, 0.15) is 10.6 Å². The van der Waals surface area contributed by atoms with Crippen molar-refractivity contribution in [2.24, 2.45) is 0 Å². The molecule has 0 spiro atoms. The van der Waals surface area contributed by atoms with E-state index < -0.39 is 18.7 Å². The van der Waals surface area contributed by atoms with Gasteiger partial charge in [-0.05, 0) is 18.2 Å². The summed E-state index contributed by atoms with van der Waals surface area (Å²) in [5, 5.41) is 6.76. The monoisotopic (exact) mass is 419 g/mol. The van der Waals surface area contributed by atoms with Crippen molar-refractivity contribution in [3.05, 3.63) is 60.4 Å². The van der Waals surface area contributed by atoms with Crippen LogP contribution in [0.25, 0.3) is 21.5 Å². The second-order valence-electron chi connectivity index (χ2n) is 5.95. The van der Waals surface area contributed by atoms with E-state index in [2.05, 4.69) is 15.5 Å². The molecule has 4 rings (SSSR count). The van der Waals surface area contributed by atoms with Gasteiger partial charge in [0, 0.05) is 11.6 Å². The van der Waals surface area contributed by atoms with Crippen molar-refractivity contribution in [1.82, 2.24) is 10.1 Å². The van der Waals surface area contributed by atoms with Crippen LogP contribution >= 0.6 is 11.3 Å². The van der Waals surface area contributed by atoms with Crippen LogP contribution in [0.2, 0.25) is 0 Å². The van der Waals surface area contributed by atoms with Crippen molar-refractivity contribution in [2.45, 2.75) is 6.18 Å². The molecule has 0 aliphatic rings. The normalized spacial score (nSPS) is 11.6. The second kappa shape index (κ2) is 7.55. The predicted octanol–water partition coefficient (Wildman–Crippen LogP) is 5.14. The molecular formula is C19H12F3N3O3S. The molecule has 0 bridgehead atoms. The van der Waals surface area contributed by atoms with E-state index in [0.717, 1.165) is 16.9 Å². The fourth-order valence-corrected chi connectivity index (χ4v) is 3.39. The Balaban J connectivity index is 1.47. The number of ether oxygens (including phenoxy) is 1. The van der Waals surface area contributed by atoms with Crippen LogP contribution in [0.15, 0.2) is 59.1 Å². The summed E-state index contributed by atoms with van der Waals surface area (Å²) in [5.74, 6) is -0.455. The Morgan fingerprint density at radius 3 is 2.69 bits per heavy atom. The SMILES string of the molecule is O=C(Nc1nc2ccc(OCC(F)(F)F)cc2s1)c1cc(-c2ccccc2)no1. The standard InChI is InChI=1S/C19H12F3N3O3S/c20-19(21,22)10-27-12-6-7-13-16(8-12)29-18(23-13)24-17(26)15-9-14(25-28-15)11-4-2-1-3-5-11/h1-9H,10H2,(H,23,24,26). The van der Waals surface area contributed by atoms with Crippen LogP contribution < -0.4 is 10.1 Å². The highest BCUT2D eigenvalue weighted by atomic mass is 32.1. The number of alkyl halides is 3. The van der Waals surface area contributed by atoms with Gasteiger partial charge < -0.3 is 9.26 Å². The Kier molecular flexibility index (Phi) is 4.93. The minimum atomic E-state index is -4.42. The predicted molar refractivity (Wildman–Crippen MR) is 101 cm³/mol. The van der Waals surface area contributed by atoms with E-state index in [0.29, 0.717) is 15.9 Å². The van der Waals surface area contributed by atoms with Gasteiger partial charge in [0.15, 0.2) is 11.7 Å². The fourth-order valence-electron chi connectivity index (χ4n) is 2.50. The van der Waals surface area contributed by atoms with Gasteiger partial charge in [0.2, 0.25) is 5.76 Å². The number of rotatable bonds is 5. The lowest BCUT2D eigenvalue weighted by molar-refractivity contribution is -0.153. The number of nitrogens with zero attached hydrogens (tertiary/aromatic N) is 2. The Labute approximate surface area is 165 Å². The van der Waals surface area contributed by atoms with Gasteiger partial charge in [0.25, 0.3) is 5.91 Å². The van der Waals surface area contributed by atoms with Crippen molar-refractivity contribution < 1.29 is 27.2 Å². The molecule has 0 aliphatic carbocycles. The summed E-state index contributed by atoms with van der Waals surface area (Å²) in [6.07, 6.45) is -4.42. The first kappa shape index (κ1) is 18.9. The molecule has 0 radical (unpaired) electrons. The minimum Gasteiger partial charge on any atom is -0.484 e. The van der Waals surface area contributed by atoms with E-state index in [1.165, 1.54) is 24.3 Å². The molecule has 0 atom stereocenters. The average molecular weight is 419 g/mol. The summed E-state index contributed by atoms with van der Waals surface area (Å²) < 4.78 is 47.2. The van der Waals surface area contributed by atoms with Gasteiger partial charge in [-0.15, -0.1) is 0 Å². The summed E-state index contributed by atoms with van der Waals surface area (Å²) in [5.41, 5.74) is 1.85. The summed E-state index contributed by atoms with van der Waals surface area (Å²) in [7, 11) is 0. The number of hydrogen-bond donors (Lipinski definition) is 1. The van der Waals surface area contributed by atoms with Gasteiger partial charge in [-0.25, -0.2) is 4.98 Å². The molecule has 0 unspecified atom stereocenters. The lowest BCUT2D eigenvalue weighted by Crippen LogP contribution is -2.19. The van der Waals surface area contributed by atoms with E-state index >= 15 is 0 Å². The lowest BCUT2D eigenvalue weighted by Gasteiger charge is -2.08. The van der Waals surface area contributed by atoms with Gasteiger partial charge in [0.1, 0.15) is 11.4 Å². The Morgan fingerprint density at radius 2 is 1.93 bits per heavy atom. The van der Waals surface area contributed by atoms with Crippen LogP contribution in [-0.4, -0.2) is 28.8 Å². The van der Waals surface area contributed by atoms with Crippen LogP contribution in [0.5, 0.6) is 5.75 Å². The summed E-state index contributed by atoms with van der Waals surface area (Å²) >= 11 is 1.10. The number of thiazole rings is 1. The average Bonchev–Trinajstić information content (AvgIpc) is 3.33. The van der Waals surface area contributed by atoms with Gasteiger partial charge in [-0.2, -0.15) is 13.2 Å². The second-order valence-corrected chi connectivity index (χ2v) is 6.98. The number of halogens is 3. The number of fused-ring (bicyclic) bond motifs is 1. The van der Waals surface area contributed by atoms with Gasteiger partial charge in [-0.3, -0.25) is 10.1 Å². The summed E-state index contributed by atoms with van der Waals surface area (Å²) in [6, 6.07) is 15.1. The molecule has 0 saturated carbocycles. The van der Waals surface area contributed by atoms with Crippen molar-refractivity contribution >= 4 is 32.6 Å². The lowest BCUT2D eigenvalue weighted by atomic mass is 10.1. The van der Waals surface area contributed by atoms with Crippen molar-refractivity contribution in [3.63, 3.8) is 0 Å². The molecule has 1 amide bonds. The number of nitrogens with one attached hydrogen (secondary N) is 1. The van der Waals surface area contributed by atoms with Crippen LogP contribution in [0.4, 0.5) is 18.3 Å². The smallest absolute Gasteiger partial charge is 0.422 e. The molecule has 0 saturated heterocycles. The Hall–Kier alpha value is -3.40. The zero-order valence-electron chi connectivity index (χ0n) is 14.6. The van der Waals surface area contributed by atoms with Crippen LogP contribution in [0.3, 0.4) is 0 Å². The molecule has 10 heteroatoms. The van der Waals surface area contributed by atoms with Gasteiger partial charge in [0.05, 0.1) is 10.2 Å². The topological polar surface area (TPSA) is 77.2 Å². The Bertz CT molecular complexity index is 1160. The highest BCUT2D eigenvalue weighted by Crippen LogP contribution is 2.30. The maximum absolute atomic E-state index is 12.4. The molecule has 4 aromatic rings. The zero-order valence-corrected chi connectivity index (χ0v) is 15.4. The first-order valence-corrected chi connectivity index (χ1v) is 9.13. The van der Waals surface area contributed by atoms with Crippen LogP contribution in [-0.2, 0) is 0 Å². The maximum Gasteiger partial charge on any atom is 0.422 e. The van der Waals surface area contributed by atoms with Gasteiger partial charge in [-0.1, -0.05) is 46.8 Å². The fraction of sp³-hybridized carbons (Fsp3) is 0.105. The molecule has 1 N–H and O–H groups in total. The number of carbonyl (C=O) groups excluding carboxylic acids is 1. The largest absolute Gasteiger partial charge is 0.484 e. The molecule has 0 fully saturated rings. The molecular weight excluding hydrogens is 407 g/mol. The summed E-state index contributed by atoms with van der Waals surface area (Å²) in [4.78, 5) is 16.6. The number of anilines is 1. The van der Waals surface area contributed by atoms with Crippen LogP contribution in [0, 0.1) is 0 Å². The highest BCUT2D eigenvalue weighted by Gasteiger charge is 2.28. The number of amides is 1. The molecule has 0 aliphatic heterocycles.